The Hall–Kier alpha value is -2.16. The first-order chi connectivity index (χ1) is 16.1. The third kappa shape index (κ3) is 4.95. The van der Waals surface area contributed by atoms with Gasteiger partial charge >= 0.3 is 59.6 Å². The van der Waals surface area contributed by atoms with Crippen molar-refractivity contribution < 1.29 is 98.1 Å². The Labute approximate surface area is 197 Å². The number of esters is 1. The number of rotatable bonds is 11. The molecule has 0 radical (unpaired) electrons. The summed E-state index contributed by atoms with van der Waals surface area (Å²) in [4.78, 5) is 10.9. The number of aliphatic hydroxyl groups is 1. The second-order valence-corrected chi connectivity index (χ2v) is 7.54. The molecule has 3 unspecified atom stereocenters. The minimum atomic E-state index is -8.91. The summed E-state index contributed by atoms with van der Waals surface area (Å²) in [6.07, 6.45) is -19.1. The van der Waals surface area contributed by atoms with Gasteiger partial charge in [-0.05, 0) is 6.92 Å². The highest BCUT2D eigenvalue weighted by molar-refractivity contribution is 5.87. The fourth-order valence-electron chi connectivity index (χ4n) is 2.12. The summed E-state index contributed by atoms with van der Waals surface area (Å²) >= 11 is 0. The van der Waals surface area contributed by atoms with Crippen molar-refractivity contribution in [2.24, 2.45) is 5.92 Å². The van der Waals surface area contributed by atoms with E-state index in [1.165, 1.54) is 0 Å². The monoisotopic (exact) mass is 612 g/mol. The molecule has 0 bridgehead atoms. The van der Waals surface area contributed by atoms with Crippen molar-refractivity contribution >= 4 is 5.97 Å². The quantitative estimate of drug-likeness (QED) is 0.161. The number of hydrogen-bond acceptors (Lipinski definition) is 3. The average molecular weight is 612 g/mol. The van der Waals surface area contributed by atoms with Crippen molar-refractivity contribution in [3.05, 3.63) is 12.2 Å². The Balaban J connectivity index is 6.93. The second-order valence-electron chi connectivity index (χ2n) is 7.54. The van der Waals surface area contributed by atoms with Gasteiger partial charge in [-0.1, -0.05) is 13.5 Å². The normalized spacial score (nSPS) is 18.5. The Morgan fingerprint density at radius 1 is 0.684 bits per heavy atom. The molecule has 3 atom stereocenters. The van der Waals surface area contributed by atoms with E-state index in [-0.39, 0.29) is 0 Å². The lowest BCUT2D eigenvalue weighted by atomic mass is 9.85. The van der Waals surface area contributed by atoms with Gasteiger partial charge in [0.15, 0.2) is 6.17 Å². The van der Waals surface area contributed by atoms with Crippen LogP contribution in [0.25, 0.3) is 0 Å². The Morgan fingerprint density at radius 2 is 1.00 bits per heavy atom. The second kappa shape index (κ2) is 9.49. The van der Waals surface area contributed by atoms with Crippen LogP contribution in [0.1, 0.15) is 13.8 Å². The van der Waals surface area contributed by atoms with Crippen LogP contribution < -0.4 is 0 Å². The summed E-state index contributed by atoms with van der Waals surface area (Å²) in [5, 5.41) is 8.53. The SMILES string of the molecule is C=C(C)C(=O)OC(F)(F)C(O)(F)C(F)(F)C(F)(F)C(F)(F)C(F)(F)C(F)(F)C(F)(F)C(F)C(C)C(F)(F)F. The van der Waals surface area contributed by atoms with Crippen molar-refractivity contribution in [1.29, 1.82) is 0 Å². The zero-order chi connectivity index (χ0) is 31.5. The zero-order valence-corrected chi connectivity index (χ0v) is 17.8. The average Bonchev–Trinajstić information content (AvgIpc) is 2.70. The third-order valence-electron chi connectivity index (χ3n) is 4.67. The lowest BCUT2D eigenvalue weighted by Crippen LogP contribution is -2.76. The maximum absolute atomic E-state index is 13.7. The molecule has 0 aliphatic rings. The first-order valence-electron chi connectivity index (χ1n) is 8.80. The molecule has 0 amide bonds. The lowest BCUT2D eigenvalue weighted by Gasteiger charge is -2.44. The summed E-state index contributed by atoms with van der Waals surface area (Å²) in [5.41, 5.74) is -1.32. The Morgan fingerprint density at radius 3 is 1.32 bits per heavy atom. The molecule has 0 heterocycles. The van der Waals surface area contributed by atoms with Gasteiger partial charge in [0.25, 0.3) is 0 Å². The molecule has 0 aromatic heterocycles. The minimum absolute atomic E-state index is 0.372. The number of ether oxygens (including phenoxy) is 1. The lowest BCUT2D eigenvalue weighted by molar-refractivity contribution is -0.482. The summed E-state index contributed by atoms with van der Waals surface area (Å²) in [6, 6.07) is 0. The molecule has 0 aromatic rings. The molecule has 3 nitrogen and oxygen atoms in total. The van der Waals surface area contributed by atoms with Gasteiger partial charge in [0.2, 0.25) is 0 Å². The molecule has 0 rings (SSSR count). The van der Waals surface area contributed by atoms with E-state index in [9.17, 15) is 88.2 Å². The van der Waals surface area contributed by atoms with E-state index in [1.54, 1.807) is 0 Å². The van der Waals surface area contributed by atoms with Crippen molar-refractivity contribution in [2.75, 3.05) is 0 Å². The van der Waals surface area contributed by atoms with Crippen molar-refractivity contribution in [3.8, 4) is 0 Å². The predicted octanol–water partition coefficient (Wildman–Crippen LogP) is 6.70. The zero-order valence-electron chi connectivity index (χ0n) is 17.8. The fourth-order valence-corrected chi connectivity index (χ4v) is 2.12. The van der Waals surface area contributed by atoms with Gasteiger partial charge < -0.3 is 9.84 Å². The van der Waals surface area contributed by atoms with Gasteiger partial charge in [0.1, 0.15) is 0 Å². The van der Waals surface area contributed by atoms with E-state index in [2.05, 4.69) is 11.3 Å². The minimum Gasteiger partial charge on any atom is -0.393 e. The van der Waals surface area contributed by atoms with Crippen LogP contribution in [0.15, 0.2) is 12.2 Å². The molecule has 226 valence electrons. The number of carbonyl (C=O) groups is 1. The molecular formula is C16H11F19O3. The van der Waals surface area contributed by atoms with E-state index >= 15 is 0 Å². The van der Waals surface area contributed by atoms with Crippen LogP contribution >= 0.6 is 0 Å². The van der Waals surface area contributed by atoms with Crippen molar-refractivity contribution in [1.82, 2.24) is 0 Å². The van der Waals surface area contributed by atoms with Crippen LogP contribution in [0, 0.1) is 5.92 Å². The first kappa shape index (κ1) is 35.8. The molecule has 0 saturated carbocycles. The van der Waals surface area contributed by atoms with Crippen molar-refractivity contribution in [3.63, 3.8) is 0 Å². The molecule has 0 aliphatic heterocycles. The summed E-state index contributed by atoms with van der Waals surface area (Å²) in [7, 11) is 0. The van der Waals surface area contributed by atoms with E-state index in [0.717, 1.165) is 0 Å². The highest BCUT2D eigenvalue weighted by atomic mass is 19.4. The van der Waals surface area contributed by atoms with Gasteiger partial charge in [-0.2, -0.15) is 79.0 Å². The van der Waals surface area contributed by atoms with Crippen LogP contribution in [0.4, 0.5) is 83.4 Å². The highest BCUT2D eigenvalue weighted by Gasteiger charge is 2.95. The maximum atomic E-state index is 13.7. The van der Waals surface area contributed by atoms with Gasteiger partial charge in [-0.3, -0.25) is 0 Å². The molecule has 0 aromatic carbocycles. The molecule has 0 fully saturated rings. The Bertz CT molecular complexity index is 904. The predicted molar refractivity (Wildman–Crippen MR) is 81.7 cm³/mol. The van der Waals surface area contributed by atoms with Crippen LogP contribution in [0.2, 0.25) is 0 Å². The van der Waals surface area contributed by atoms with E-state index < -0.39 is 84.2 Å². The molecule has 1 N–H and O–H groups in total. The molecule has 0 saturated heterocycles. The maximum Gasteiger partial charge on any atom is 0.468 e. The third-order valence-corrected chi connectivity index (χ3v) is 4.67. The molecule has 0 spiro atoms. The van der Waals surface area contributed by atoms with Crippen LogP contribution in [0.5, 0.6) is 0 Å². The first-order valence-corrected chi connectivity index (χ1v) is 8.80. The van der Waals surface area contributed by atoms with Gasteiger partial charge in [0.05, 0.1) is 5.92 Å². The molecular weight excluding hydrogens is 601 g/mol. The number of alkyl halides is 19. The van der Waals surface area contributed by atoms with Gasteiger partial charge in [-0.15, -0.1) is 0 Å². The number of halogens is 19. The van der Waals surface area contributed by atoms with E-state index in [1.807, 2.05) is 0 Å². The molecule has 38 heavy (non-hydrogen) atoms. The number of hydrogen-bond donors (Lipinski definition) is 1. The van der Waals surface area contributed by atoms with Gasteiger partial charge in [-0.25, -0.2) is 9.18 Å². The summed E-state index contributed by atoms with van der Waals surface area (Å²) < 4.78 is 258. The summed E-state index contributed by atoms with van der Waals surface area (Å²) in [6.45, 7) is 2.10. The standard InChI is InChI=1S/C16H11F19O3/c1-4(2)7(36)38-16(34,35)15(33,37)14(31,32)13(29,30)12(27,28)11(25,26)10(23,24)8(18,19)6(17)5(3)9(20,21)22/h5-6,37H,1H2,2-3H3. The molecule has 22 heteroatoms. The Kier molecular flexibility index (Phi) is 8.95. The van der Waals surface area contributed by atoms with Crippen LogP contribution in [0.3, 0.4) is 0 Å². The van der Waals surface area contributed by atoms with E-state index in [4.69, 9.17) is 5.11 Å². The fraction of sp³-hybridized carbons (Fsp3) is 0.812. The van der Waals surface area contributed by atoms with Crippen LogP contribution in [-0.4, -0.2) is 70.9 Å². The van der Waals surface area contributed by atoms with E-state index in [0.29, 0.717) is 6.92 Å². The topological polar surface area (TPSA) is 46.5 Å². The van der Waals surface area contributed by atoms with Gasteiger partial charge in [0, 0.05) is 5.57 Å². The largest absolute Gasteiger partial charge is 0.468 e. The van der Waals surface area contributed by atoms with Crippen molar-refractivity contribution in [2.45, 2.75) is 73.7 Å². The smallest absolute Gasteiger partial charge is 0.393 e. The van der Waals surface area contributed by atoms with Crippen LogP contribution in [-0.2, 0) is 9.53 Å². The number of carbonyl (C=O) groups excluding carboxylic acids is 1. The highest BCUT2D eigenvalue weighted by Crippen LogP contribution is 2.64. The summed E-state index contributed by atoms with van der Waals surface area (Å²) in [5.74, 6) is -66.1. The molecule has 0 aliphatic carbocycles.